The molecule has 4 rings (SSSR count). The average molecular weight is 295 g/mol. The number of hydroxylamine groups is 2. The van der Waals surface area contributed by atoms with Crippen molar-refractivity contribution in [2.24, 2.45) is 10.2 Å². The first-order valence-corrected chi connectivity index (χ1v) is 7.23. The number of benzene rings is 1. The number of hydrogen-bond acceptors (Lipinski definition) is 6. The van der Waals surface area contributed by atoms with E-state index < -0.39 is 0 Å². The van der Waals surface area contributed by atoms with Crippen LogP contribution in [-0.2, 0) is 4.84 Å². The van der Waals surface area contributed by atoms with E-state index in [-0.39, 0.29) is 0 Å². The van der Waals surface area contributed by atoms with Crippen molar-refractivity contribution in [2.45, 2.75) is 13.3 Å². The summed E-state index contributed by atoms with van der Waals surface area (Å²) < 4.78 is 0. The van der Waals surface area contributed by atoms with Crippen LogP contribution in [0, 0.1) is 0 Å². The summed E-state index contributed by atoms with van der Waals surface area (Å²) in [5.74, 6) is 1.85. The van der Waals surface area contributed by atoms with Crippen molar-refractivity contribution >= 4 is 5.69 Å². The van der Waals surface area contributed by atoms with Crippen molar-refractivity contribution < 1.29 is 4.84 Å². The van der Waals surface area contributed by atoms with Crippen LogP contribution in [0.1, 0.15) is 13.3 Å². The molecule has 1 aromatic carbocycles. The Hall–Kier alpha value is -2.60. The van der Waals surface area contributed by atoms with Gasteiger partial charge in [0, 0.05) is 18.3 Å². The van der Waals surface area contributed by atoms with E-state index in [1.807, 2.05) is 24.4 Å². The van der Waals surface area contributed by atoms with Gasteiger partial charge >= 0.3 is 0 Å². The van der Waals surface area contributed by atoms with Crippen molar-refractivity contribution in [3.63, 3.8) is 0 Å². The zero-order chi connectivity index (χ0) is 15.1. The molecule has 3 heterocycles. The Morgan fingerprint density at radius 3 is 2.68 bits per heavy atom. The second kappa shape index (κ2) is 4.99. The molecule has 0 unspecified atom stereocenters. The molecule has 0 bridgehead atoms. The topological polar surface area (TPSA) is 43.7 Å². The predicted octanol–water partition coefficient (Wildman–Crippen LogP) is 3.37. The van der Waals surface area contributed by atoms with Crippen molar-refractivity contribution in [3.8, 4) is 0 Å². The monoisotopic (exact) mass is 295 g/mol. The summed E-state index contributed by atoms with van der Waals surface area (Å²) in [6, 6.07) is 10.3. The molecule has 22 heavy (non-hydrogen) atoms. The molecule has 3 aliphatic rings. The van der Waals surface area contributed by atoms with Gasteiger partial charge in [0.25, 0.3) is 0 Å². The maximum Gasteiger partial charge on any atom is 0.177 e. The highest BCUT2D eigenvalue weighted by Crippen LogP contribution is 2.39. The highest BCUT2D eigenvalue weighted by atomic mass is 16.7. The van der Waals surface area contributed by atoms with Gasteiger partial charge in [-0.15, -0.1) is 10.2 Å². The second-order valence-corrected chi connectivity index (χ2v) is 5.48. The second-order valence-electron chi connectivity index (χ2n) is 5.48. The largest absolute Gasteiger partial charge is 0.302 e. The Kier molecular flexibility index (Phi) is 2.97. The van der Waals surface area contributed by atoms with Gasteiger partial charge < -0.3 is 4.90 Å². The summed E-state index contributed by atoms with van der Waals surface area (Å²) in [4.78, 5) is 9.61. The quantitative estimate of drug-likeness (QED) is 0.839. The molecule has 0 radical (unpaired) electrons. The number of nitrogens with zero attached hydrogens (tertiary/aromatic N) is 5. The number of azo groups is 1. The molecule has 0 saturated heterocycles. The van der Waals surface area contributed by atoms with Crippen LogP contribution < -0.4 is 4.90 Å². The van der Waals surface area contributed by atoms with E-state index in [2.05, 4.69) is 45.3 Å². The molecule has 0 aromatic heterocycles. The normalized spacial score (nSPS) is 20.0. The van der Waals surface area contributed by atoms with Gasteiger partial charge in [0.05, 0.1) is 13.3 Å². The van der Waals surface area contributed by atoms with Gasteiger partial charge in [-0.3, -0.25) is 9.74 Å². The van der Waals surface area contributed by atoms with Gasteiger partial charge in [-0.05, 0) is 19.1 Å². The third-order valence-corrected chi connectivity index (χ3v) is 3.90. The third kappa shape index (κ3) is 2.00. The highest BCUT2D eigenvalue weighted by molar-refractivity contribution is 5.59. The van der Waals surface area contributed by atoms with Gasteiger partial charge in [0.2, 0.25) is 0 Å². The molecule has 3 aliphatic heterocycles. The summed E-state index contributed by atoms with van der Waals surface area (Å²) in [6.45, 7) is 2.73. The predicted molar refractivity (Wildman–Crippen MR) is 82.8 cm³/mol. The number of hydrogen-bond donors (Lipinski definition) is 0. The maximum absolute atomic E-state index is 5.30. The summed E-state index contributed by atoms with van der Waals surface area (Å²) in [6.07, 6.45) is 4.85. The van der Waals surface area contributed by atoms with Gasteiger partial charge in [0.1, 0.15) is 18.2 Å². The zero-order valence-electron chi connectivity index (χ0n) is 12.6. The molecule has 0 saturated carbocycles. The van der Waals surface area contributed by atoms with Crippen LogP contribution in [0.5, 0.6) is 0 Å². The molecule has 0 amide bonds. The molecule has 0 spiro atoms. The van der Waals surface area contributed by atoms with E-state index in [9.17, 15) is 0 Å². The van der Waals surface area contributed by atoms with Gasteiger partial charge in [-0.25, -0.2) is 5.06 Å². The van der Waals surface area contributed by atoms with Crippen LogP contribution in [0.4, 0.5) is 5.69 Å². The fraction of sp³-hybridized carbons (Fsp3) is 0.250. The first-order valence-electron chi connectivity index (χ1n) is 7.23. The number of anilines is 1. The molecule has 0 N–H and O–H groups in total. The lowest BCUT2D eigenvalue weighted by Crippen LogP contribution is -2.37. The molecule has 0 atom stereocenters. The van der Waals surface area contributed by atoms with E-state index in [1.54, 1.807) is 12.2 Å². The van der Waals surface area contributed by atoms with Crippen molar-refractivity contribution in [1.82, 2.24) is 9.96 Å². The first kappa shape index (κ1) is 13.1. The molecule has 1 aromatic rings. The van der Waals surface area contributed by atoms with Crippen LogP contribution in [0.2, 0.25) is 0 Å². The number of allylic oxidation sites excluding steroid dienone is 1. The molecule has 0 aliphatic carbocycles. The summed E-state index contributed by atoms with van der Waals surface area (Å²) in [5.41, 5.74) is 3.36. The van der Waals surface area contributed by atoms with Crippen molar-refractivity contribution in [1.29, 1.82) is 0 Å². The summed E-state index contributed by atoms with van der Waals surface area (Å²) in [7, 11) is 1.65. The lowest BCUT2D eigenvalue weighted by atomic mass is 10.1. The van der Waals surface area contributed by atoms with E-state index in [0.717, 1.165) is 29.4 Å². The van der Waals surface area contributed by atoms with E-state index in [0.29, 0.717) is 6.67 Å². The Bertz CT molecular complexity index is 719. The van der Waals surface area contributed by atoms with E-state index >= 15 is 0 Å². The SMILES string of the molecule is CON1C=C2N=NC3=C(N2C1)N(c1ccccc1)C=C(C)C3. The number of para-hydroxylation sites is 1. The van der Waals surface area contributed by atoms with E-state index in [4.69, 9.17) is 4.84 Å². The molecular formula is C16H17N5O. The Balaban J connectivity index is 1.79. The fourth-order valence-electron chi connectivity index (χ4n) is 2.89. The maximum atomic E-state index is 5.30. The minimum atomic E-state index is 0.611. The van der Waals surface area contributed by atoms with Gasteiger partial charge in [0.15, 0.2) is 5.82 Å². The fourth-order valence-corrected chi connectivity index (χ4v) is 2.89. The Labute approximate surface area is 129 Å². The lowest BCUT2D eigenvalue weighted by molar-refractivity contribution is -0.0952. The lowest BCUT2D eigenvalue weighted by Gasteiger charge is -2.37. The highest BCUT2D eigenvalue weighted by Gasteiger charge is 2.34. The Morgan fingerprint density at radius 1 is 1.09 bits per heavy atom. The van der Waals surface area contributed by atoms with Gasteiger partial charge in [-0.2, -0.15) is 0 Å². The third-order valence-electron chi connectivity index (χ3n) is 3.90. The van der Waals surface area contributed by atoms with Crippen LogP contribution in [0.15, 0.2) is 75.9 Å². The number of rotatable bonds is 2. The zero-order valence-corrected chi connectivity index (χ0v) is 12.6. The molecular weight excluding hydrogens is 278 g/mol. The minimum Gasteiger partial charge on any atom is -0.302 e. The Morgan fingerprint density at radius 2 is 1.91 bits per heavy atom. The molecule has 6 heteroatoms. The van der Waals surface area contributed by atoms with Crippen molar-refractivity contribution in [3.05, 3.63) is 65.6 Å². The standard InChI is InChI=1S/C16H17N5O/c1-12-8-14-16(20(9-12)13-6-4-3-5-7-13)21-11-19(22-2)10-15(21)18-17-14/h3-7,9-10H,8,11H2,1-2H3. The molecule has 0 fully saturated rings. The smallest absolute Gasteiger partial charge is 0.177 e. The summed E-state index contributed by atoms with van der Waals surface area (Å²) in [5, 5.41) is 10.5. The summed E-state index contributed by atoms with van der Waals surface area (Å²) >= 11 is 0. The number of fused-ring (bicyclic) bond motifs is 2. The first-order chi connectivity index (χ1) is 10.8. The van der Waals surface area contributed by atoms with Gasteiger partial charge in [-0.1, -0.05) is 23.8 Å². The van der Waals surface area contributed by atoms with Crippen LogP contribution in [-0.4, -0.2) is 23.7 Å². The average Bonchev–Trinajstić information content (AvgIpc) is 2.98. The van der Waals surface area contributed by atoms with Crippen LogP contribution in [0.3, 0.4) is 0 Å². The van der Waals surface area contributed by atoms with Crippen LogP contribution in [0.25, 0.3) is 0 Å². The minimum absolute atomic E-state index is 0.611. The molecule has 6 nitrogen and oxygen atoms in total. The van der Waals surface area contributed by atoms with Crippen molar-refractivity contribution in [2.75, 3.05) is 18.7 Å². The van der Waals surface area contributed by atoms with Crippen LogP contribution >= 0.6 is 0 Å². The van der Waals surface area contributed by atoms with E-state index in [1.165, 1.54) is 5.57 Å². The molecule has 112 valence electrons.